The number of hydrogen-bond donors (Lipinski definition) is 1. The molecule has 6 nitrogen and oxygen atoms in total. The second-order valence-electron chi connectivity index (χ2n) is 7.54. The number of para-hydroxylation sites is 1. The Kier molecular flexibility index (Phi) is 6.60. The van der Waals surface area contributed by atoms with E-state index in [0.29, 0.717) is 23.4 Å². The van der Waals surface area contributed by atoms with E-state index in [9.17, 15) is 4.79 Å². The number of rotatable bonds is 8. The minimum absolute atomic E-state index is 0.0730. The highest BCUT2D eigenvalue weighted by Crippen LogP contribution is 2.29. The fraction of sp³-hybridized carbons (Fsp3) is 0.192. The maximum absolute atomic E-state index is 12.5. The molecule has 6 heteroatoms. The number of carbonyl (C=O) groups excluding carboxylic acids is 1. The molecule has 1 N–H and O–H groups in total. The average Bonchev–Trinajstić information content (AvgIpc) is 3.34. The van der Waals surface area contributed by atoms with E-state index in [1.165, 1.54) is 0 Å². The Hall–Kier alpha value is -3.93. The summed E-state index contributed by atoms with van der Waals surface area (Å²) in [5.41, 5.74) is 3.31. The zero-order valence-corrected chi connectivity index (χ0v) is 18.1. The summed E-state index contributed by atoms with van der Waals surface area (Å²) in [5.74, 6) is 1.70. The van der Waals surface area contributed by atoms with Gasteiger partial charge in [-0.15, -0.1) is 10.2 Å². The van der Waals surface area contributed by atoms with Gasteiger partial charge >= 0.3 is 0 Å². The first kappa shape index (κ1) is 21.3. The van der Waals surface area contributed by atoms with E-state index in [-0.39, 0.29) is 12.5 Å². The van der Waals surface area contributed by atoms with Crippen LogP contribution in [0.1, 0.15) is 31.7 Å². The molecule has 0 spiro atoms. The van der Waals surface area contributed by atoms with Crippen molar-refractivity contribution in [3.63, 3.8) is 0 Å². The van der Waals surface area contributed by atoms with Crippen molar-refractivity contribution >= 4 is 11.6 Å². The third-order valence-corrected chi connectivity index (χ3v) is 5.26. The fourth-order valence-electron chi connectivity index (χ4n) is 3.35. The highest BCUT2D eigenvalue weighted by Gasteiger charge is 2.13. The largest absolute Gasteiger partial charge is 0.483 e. The van der Waals surface area contributed by atoms with E-state index >= 15 is 0 Å². The quantitative estimate of drug-likeness (QED) is 0.377. The summed E-state index contributed by atoms with van der Waals surface area (Å²) in [6, 6.07) is 24.7. The molecular weight excluding hydrogens is 402 g/mol. The lowest BCUT2D eigenvalue weighted by atomic mass is 9.98. The monoisotopic (exact) mass is 427 g/mol. The smallest absolute Gasteiger partial charge is 0.262 e. The second-order valence-corrected chi connectivity index (χ2v) is 7.54. The number of ether oxygens (including phenoxy) is 1. The summed E-state index contributed by atoms with van der Waals surface area (Å²) in [7, 11) is 0. The van der Waals surface area contributed by atoms with Crippen molar-refractivity contribution in [2.75, 3.05) is 11.9 Å². The Labute approximate surface area is 187 Å². The molecule has 1 amide bonds. The number of nitrogens with zero attached hydrogens (tertiary/aromatic N) is 2. The number of benzene rings is 3. The van der Waals surface area contributed by atoms with Crippen molar-refractivity contribution in [3.05, 3.63) is 84.4 Å². The van der Waals surface area contributed by atoms with Crippen LogP contribution < -0.4 is 10.1 Å². The Morgan fingerprint density at radius 3 is 2.41 bits per heavy atom. The second kappa shape index (κ2) is 9.92. The van der Waals surface area contributed by atoms with Crippen LogP contribution in [0.5, 0.6) is 5.75 Å². The number of aromatic nitrogens is 2. The standard InChI is InChI=1S/C26H25N3O3/c1-3-18(2)22-14-7-8-15-23(22)31-17-24(30)27-21-13-9-12-20(16-21)26-29-28-25(32-26)19-10-5-4-6-11-19/h4-16,18H,3,17H2,1-2H3,(H,27,30)/t18-/m1/s1. The third-order valence-electron chi connectivity index (χ3n) is 5.26. The minimum Gasteiger partial charge on any atom is -0.483 e. The predicted molar refractivity (Wildman–Crippen MR) is 124 cm³/mol. The van der Waals surface area contributed by atoms with Crippen molar-refractivity contribution in [1.82, 2.24) is 10.2 Å². The van der Waals surface area contributed by atoms with Crippen LogP contribution in [0.3, 0.4) is 0 Å². The molecule has 0 aliphatic heterocycles. The van der Waals surface area contributed by atoms with E-state index in [0.717, 1.165) is 28.9 Å². The van der Waals surface area contributed by atoms with Crippen LogP contribution in [0.2, 0.25) is 0 Å². The summed E-state index contributed by atoms with van der Waals surface area (Å²) < 4.78 is 11.6. The third kappa shape index (κ3) is 5.03. The van der Waals surface area contributed by atoms with E-state index in [2.05, 4.69) is 29.4 Å². The van der Waals surface area contributed by atoms with Gasteiger partial charge in [-0.1, -0.05) is 56.3 Å². The van der Waals surface area contributed by atoms with Crippen LogP contribution >= 0.6 is 0 Å². The molecule has 4 aromatic rings. The number of carbonyl (C=O) groups is 1. The van der Waals surface area contributed by atoms with Gasteiger partial charge in [0.1, 0.15) is 5.75 Å². The summed E-state index contributed by atoms with van der Waals surface area (Å²) in [5, 5.41) is 11.1. The average molecular weight is 428 g/mol. The van der Waals surface area contributed by atoms with Crippen molar-refractivity contribution < 1.29 is 13.9 Å². The lowest BCUT2D eigenvalue weighted by Crippen LogP contribution is -2.20. The molecule has 3 aromatic carbocycles. The van der Waals surface area contributed by atoms with Crippen LogP contribution in [0, 0.1) is 0 Å². The Morgan fingerprint density at radius 1 is 0.938 bits per heavy atom. The van der Waals surface area contributed by atoms with E-state index in [1.54, 1.807) is 6.07 Å². The zero-order valence-electron chi connectivity index (χ0n) is 18.1. The fourth-order valence-corrected chi connectivity index (χ4v) is 3.35. The Balaban J connectivity index is 1.42. The highest BCUT2D eigenvalue weighted by atomic mass is 16.5. The minimum atomic E-state index is -0.239. The summed E-state index contributed by atoms with van der Waals surface area (Å²) >= 11 is 0. The molecule has 0 aliphatic carbocycles. The van der Waals surface area contributed by atoms with Gasteiger partial charge in [0.15, 0.2) is 6.61 Å². The molecule has 0 saturated heterocycles. The first-order valence-electron chi connectivity index (χ1n) is 10.6. The molecule has 0 bridgehead atoms. The number of nitrogens with one attached hydrogen (secondary N) is 1. The number of anilines is 1. The van der Waals surface area contributed by atoms with Crippen LogP contribution in [0.25, 0.3) is 22.9 Å². The van der Waals surface area contributed by atoms with Crippen LogP contribution in [0.4, 0.5) is 5.69 Å². The molecule has 1 atom stereocenters. The van der Waals surface area contributed by atoms with Crippen LogP contribution in [-0.2, 0) is 4.79 Å². The van der Waals surface area contributed by atoms with Crippen molar-refractivity contribution in [1.29, 1.82) is 0 Å². The van der Waals surface area contributed by atoms with Gasteiger partial charge in [-0.2, -0.15) is 0 Å². The molecule has 1 aromatic heterocycles. The van der Waals surface area contributed by atoms with Gasteiger partial charge in [-0.25, -0.2) is 0 Å². The molecule has 0 aliphatic rings. The van der Waals surface area contributed by atoms with E-state index < -0.39 is 0 Å². The highest BCUT2D eigenvalue weighted by molar-refractivity contribution is 5.92. The van der Waals surface area contributed by atoms with Crippen LogP contribution in [-0.4, -0.2) is 22.7 Å². The van der Waals surface area contributed by atoms with Crippen molar-refractivity contribution in [2.45, 2.75) is 26.2 Å². The topological polar surface area (TPSA) is 77.2 Å². The molecule has 0 saturated carbocycles. The SMILES string of the molecule is CC[C@@H](C)c1ccccc1OCC(=O)Nc1cccc(-c2nnc(-c3ccccc3)o2)c1. The summed E-state index contributed by atoms with van der Waals surface area (Å²) in [6.45, 7) is 4.21. The number of amides is 1. The van der Waals surface area contributed by atoms with Gasteiger partial charge in [-0.3, -0.25) is 4.79 Å². The lowest BCUT2D eigenvalue weighted by Gasteiger charge is -2.15. The van der Waals surface area contributed by atoms with Crippen molar-refractivity contribution in [3.8, 4) is 28.7 Å². The molecule has 32 heavy (non-hydrogen) atoms. The van der Waals surface area contributed by atoms with E-state index in [4.69, 9.17) is 9.15 Å². The molecule has 1 heterocycles. The first-order chi connectivity index (χ1) is 15.6. The molecule has 162 valence electrons. The number of hydrogen-bond acceptors (Lipinski definition) is 5. The normalized spacial score (nSPS) is 11.7. The molecule has 0 radical (unpaired) electrons. The molecule has 0 fully saturated rings. The lowest BCUT2D eigenvalue weighted by molar-refractivity contribution is -0.118. The van der Waals surface area contributed by atoms with Gasteiger partial charge in [0, 0.05) is 16.8 Å². The van der Waals surface area contributed by atoms with Gasteiger partial charge in [0.2, 0.25) is 11.8 Å². The van der Waals surface area contributed by atoms with Gasteiger partial charge in [-0.05, 0) is 54.3 Å². The van der Waals surface area contributed by atoms with Crippen molar-refractivity contribution in [2.24, 2.45) is 0 Å². The first-order valence-corrected chi connectivity index (χ1v) is 10.6. The maximum Gasteiger partial charge on any atom is 0.262 e. The predicted octanol–water partition coefficient (Wildman–Crippen LogP) is 5.93. The Morgan fingerprint density at radius 2 is 1.62 bits per heavy atom. The Bertz CT molecular complexity index is 1190. The summed E-state index contributed by atoms with van der Waals surface area (Å²) in [6.07, 6.45) is 1.00. The maximum atomic E-state index is 12.5. The molecular formula is C26H25N3O3. The van der Waals surface area contributed by atoms with E-state index in [1.807, 2.05) is 72.8 Å². The molecule has 4 rings (SSSR count). The molecule has 0 unspecified atom stereocenters. The van der Waals surface area contributed by atoms with Gasteiger partial charge < -0.3 is 14.5 Å². The summed E-state index contributed by atoms with van der Waals surface area (Å²) in [4.78, 5) is 12.5. The van der Waals surface area contributed by atoms with Gasteiger partial charge in [0.05, 0.1) is 0 Å². The van der Waals surface area contributed by atoms with Crippen LogP contribution in [0.15, 0.2) is 83.3 Å². The zero-order chi connectivity index (χ0) is 22.3. The van der Waals surface area contributed by atoms with Gasteiger partial charge in [0.25, 0.3) is 5.91 Å².